The van der Waals surface area contributed by atoms with Gasteiger partial charge >= 0.3 is 5.97 Å². The lowest BCUT2D eigenvalue weighted by atomic mass is 10.1. The predicted octanol–water partition coefficient (Wildman–Crippen LogP) is 1.39. The van der Waals surface area contributed by atoms with Crippen molar-refractivity contribution in [2.45, 2.75) is 6.42 Å². The Hall–Kier alpha value is -2.31. The van der Waals surface area contributed by atoms with E-state index in [0.29, 0.717) is 13.0 Å². The number of nitrogens with zero attached hydrogens (tertiary/aromatic N) is 1. The molecule has 1 N–H and O–H groups in total. The molecule has 0 radical (unpaired) electrons. The summed E-state index contributed by atoms with van der Waals surface area (Å²) in [6.07, 6.45) is 0.371. The zero-order valence-corrected chi connectivity index (χ0v) is 11.8. The van der Waals surface area contributed by atoms with Crippen molar-refractivity contribution in [3.8, 4) is 11.5 Å². The van der Waals surface area contributed by atoms with Crippen LogP contribution in [0.15, 0.2) is 12.1 Å². The molecule has 2 rings (SSSR count). The smallest absolute Gasteiger partial charge is 0.308 e. The van der Waals surface area contributed by atoms with Gasteiger partial charge in [-0.15, -0.1) is 0 Å². The standard InChI is InChI=1S/C14H16FNO5/c1-20-11-5-9(10(15)6-12(11)21-2)13(17)16-4-3-8(7-16)14(18)19/h5-6,8H,3-4,7H2,1-2H3,(H,18,19)/t8-/m0/s1. The first-order chi connectivity index (χ1) is 9.97. The Balaban J connectivity index is 2.26. The summed E-state index contributed by atoms with van der Waals surface area (Å²) in [6.45, 7) is 0.380. The molecule has 1 amide bonds. The van der Waals surface area contributed by atoms with E-state index in [4.69, 9.17) is 14.6 Å². The fourth-order valence-corrected chi connectivity index (χ4v) is 2.33. The van der Waals surface area contributed by atoms with E-state index in [2.05, 4.69) is 0 Å². The number of carbonyl (C=O) groups excluding carboxylic acids is 1. The van der Waals surface area contributed by atoms with Gasteiger partial charge in [0.2, 0.25) is 0 Å². The summed E-state index contributed by atoms with van der Waals surface area (Å²) in [5, 5.41) is 8.94. The van der Waals surface area contributed by atoms with Gasteiger partial charge in [-0.05, 0) is 12.5 Å². The van der Waals surface area contributed by atoms with Gasteiger partial charge in [-0.25, -0.2) is 4.39 Å². The van der Waals surface area contributed by atoms with Crippen LogP contribution in [-0.4, -0.2) is 49.2 Å². The van der Waals surface area contributed by atoms with E-state index < -0.39 is 23.6 Å². The van der Waals surface area contributed by atoms with Crippen molar-refractivity contribution in [1.29, 1.82) is 0 Å². The second kappa shape index (κ2) is 5.99. The molecule has 0 aromatic heterocycles. The van der Waals surface area contributed by atoms with Crippen LogP contribution >= 0.6 is 0 Å². The highest BCUT2D eigenvalue weighted by atomic mass is 19.1. The lowest BCUT2D eigenvalue weighted by Crippen LogP contribution is -2.30. The van der Waals surface area contributed by atoms with E-state index in [-0.39, 0.29) is 23.6 Å². The first-order valence-corrected chi connectivity index (χ1v) is 6.41. The van der Waals surface area contributed by atoms with Gasteiger partial charge in [0.25, 0.3) is 5.91 Å². The number of likely N-dealkylation sites (tertiary alicyclic amines) is 1. The van der Waals surface area contributed by atoms with Crippen molar-refractivity contribution in [2.75, 3.05) is 27.3 Å². The summed E-state index contributed by atoms with van der Waals surface area (Å²) in [6, 6.07) is 2.35. The molecule has 1 aliphatic heterocycles. The van der Waals surface area contributed by atoms with Crippen LogP contribution in [0.5, 0.6) is 11.5 Å². The van der Waals surface area contributed by atoms with Gasteiger partial charge < -0.3 is 19.5 Å². The number of hydrogen-bond donors (Lipinski definition) is 1. The minimum atomic E-state index is -0.946. The van der Waals surface area contributed by atoms with Gasteiger partial charge in [-0.3, -0.25) is 9.59 Å². The number of carboxylic acid groups (broad SMARTS) is 1. The highest BCUT2D eigenvalue weighted by Crippen LogP contribution is 2.31. The van der Waals surface area contributed by atoms with E-state index in [0.717, 1.165) is 6.07 Å². The Morgan fingerprint density at radius 1 is 1.29 bits per heavy atom. The van der Waals surface area contributed by atoms with Gasteiger partial charge in [0.05, 0.1) is 25.7 Å². The SMILES string of the molecule is COc1cc(F)c(C(=O)N2CC[C@H](C(=O)O)C2)cc1OC. The number of aliphatic carboxylic acids is 1. The number of ether oxygens (including phenoxy) is 2. The minimum absolute atomic E-state index is 0.0853. The van der Waals surface area contributed by atoms with Gasteiger partial charge in [0.15, 0.2) is 11.5 Å². The Kier molecular flexibility index (Phi) is 4.30. The largest absolute Gasteiger partial charge is 0.493 e. The van der Waals surface area contributed by atoms with E-state index in [1.807, 2.05) is 0 Å². The van der Waals surface area contributed by atoms with Crippen molar-refractivity contribution in [2.24, 2.45) is 5.92 Å². The van der Waals surface area contributed by atoms with E-state index in [9.17, 15) is 14.0 Å². The minimum Gasteiger partial charge on any atom is -0.493 e. The molecule has 1 heterocycles. The normalized spacial score (nSPS) is 17.7. The molecule has 0 spiro atoms. The fraction of sp³-hybridized carbons (Fsp3) is 0.429. The average molecular weight is 297 g/mol. The van der Waals surface area contributed by atoms with Crippen molar-refractivity contribution >= 4 is 11.9 Å². The van der Waals surface area contributed by atoms with Crippen LogP contribution in [0.25, 0.3) is 0 Å². The summed E-state index contributed by atoms with van der Waals surface area (Å²) in [5.41, 5.74) is -0.154. The summed E-state index contributed by atoms with van der Waals surface area (Å²) in [5.74, 6) is -2.38. The van der Waals surface area contributed by atoms with Gasteiger partial charge in [-0.1, -0.05) is 0 Å². The molecule has 0 unspecified atom stereocenters. The average Bonchev–Trinajstić information content (AvgIpc) is 2.96. The Morgan fingerprint density at radius 2 is 1.90 bits per heavy atom. The number of hydrogen-bond acceptors (Lipinski definition) is 4. The molecule has 7 heteroatoms. The molecule has 0 saturated carbocycles. The fourth-order valence-electron chi connectivity index (χ4n) is 2.33. The third-order valence-electron chi connectivity index (χ3n) is 3.53. The predicted molar refractivity (Wildman–Crippen MR) is 71.2 cm³/mol. The molecule has 1 saturated heterocycles. The Morgan fingerprint density at radius 3 is 2.43 bits per heavy atom. The van der Waals surface area contributed by atoms with Crippen molar-refractivity contribution < 1.29 is 28.6 Å². The number of carboxylic acids is 1. The third kappa shape index (κ3) is 2.91. The van der Waals surface area contributed by atoms with E-state index in [1.54, 1.807) is 0 Å². The van der Waals surface area contributed by atoms with E-state index in [1.165, 1.54) is 25.2 Å². The molecule has 21 heavy (non-hydrogen) atoms. The Bertz CT molecular complexity index is 575. The summed E-state index contributed by atoms with van der Waals surface area (Å²) >= 11 is 0. The van der Waals surface area contributed by atoms with Gasteiger partial charge in [-0.2, -0.15) is 0 Å². The van der Waals surface area contributed by atoms with Crippen LogP contribution in [0.1, 0.15) is 16.8 Å². The number of rotatable bonds is 4. The van der Waals surface area contributed by atoms with Gasteiger partial charge in [0, 0.05) is 19.2 Å². The second-order valence-electron chi connectivity index (χ2n) is 4.76. The molecule has 1 aromatic rings. The van der Waals surface area contributed by atoms with Crippen LogP contribution in [0.3, 0.4) is 0 Å². The Labute approximate surface area is 121 Å². The highest BCUT2D eigenvalue weighted by molar-refractivity contribution is 5.95. The maximum atomic E-state index is 14.0. The molecule has 114 valence electrons. The second-order valence-corrected chi connectivity index (χ2v) is 4.76. The summed E-state index contributed by atoms with van der Waals surface area (Å²) in [7, 11) is 2.76. The van der Waals surface area contributed by atoms with Crippen molar-refractivity contribution in [3.63, 3.8) is 0 Å². The summed E-state index contributed by atoms with van der Waals surface area (Å²) < 4.78 is 24.0. The van der Waals surface area contributed by atoms with Crippen LogP contribution in [0.2, 0.25) is 0 Å². The summed E-state index contributed by atoms with van der Waals surface area (Å²) in [4.78, 5) is 24.5. The highest BCUT2D eigenvalue weighted by Gasteiger charge is 2.32. The van der Waals surface area contributed by atoms with Crippen molar-refractivity contribution in [3.05, 3.63) is 23.5 Å². The number of halogens is 1. The van der Waals surface area contributed by atoms with Crippen LogP contribution in [-0.2, 0) is 4.79 Å². The third-order valence-corrected chi connectivity index (χ3v) is 3.53. The maximum Gasteiger partial charge on any atom is 0.308 e. The monoisotopic (exact) mass is 297 g/mol. The lowest BCUT2D eigenvalue weighted by Gasteiger charge is -2.17. The molecule has 1 aliphatic rings. The lowest BCUT2D eigenvalue weighted by molar-refractivity contribution is -0.141. The molecular weight excluding hydrogens is 281 g/mol. The first kappa shape index (κ1) is 15.1. The first-order valence-electron chi connectivity index (χ1n) is 6.41. The zero-order chi connectivity index (χ0) is 15.6. The van der Waals surface area contributed by atoms with Crippen LogP contribution in [0, 0.1) is 11.7 Å². The molecule has 0 aliphatic carbocycles. The quantitative estimate of drug-likeness (QED) is 0.909. The molecule has 1 aromatic carbocycles. The molecule has 6 nitrogen and oxygen atoms in total. The maximum absolute atomic E-state index is 14.0. The number of amides is 1. The number of methoxy groups -OCH3 is 2. The van der Waals surface area contributed by atoms with Crippen LogP contribution in [0.4, 0.5) is 4.39 Å². The zero-order valence-electron chi connectivity index (χ0n) is 11.8. The van der Waals surface area contributed by atoms with Crippen molar-refractivity contribution in [1.82, 2.24) is 4.90 Å². The van der Waals surface area contributed by atoms with Crippen LogP contribution < -0.4 is 9.47 Å². The molecule has 1 fully saturated rings. The molecular formula is C14H16FNO5. The molecule has 0 bridgehead atoms. The molecule has 1 atom stereocenters. The van der Waals surface area contributed by atoms with E-state index >= 15 is 0 Å². The topological polar surface area (TPSA) is 76.1 Å². The number of benzene rings is 1. The number of carbonyl (C=O) groups is 2. The van der Waals surface area contributed by atoms with Gasteiger partial charge in [0.1, 0.15) is 5.82 Å².